The van der Waals surface area contributed by atoms with Crippen molar-refractivity contribution in [3.05, 3.63) is 36.4 Å². The second kappa shape index (κ2) is 10.9. The SMILES string of the molecule is COc1cc(-c2ccc(NC(=S)N[C@@H]3C[C@H]4CC[C@H]3C4)c(OC)c2)ccc1NC(=S)N[C@@H]1C[C@H]2CC[C@H]1C2. The van der Waals surface area contributed by atoms with Crippen molar-refractivity contribution >= 4 is 46.0 Å². The maximum Gasteiger partial charge on any atom is 0.171 e. The Balaban J connectivity index is 1.11. The van der Waals surface area contributed by atoms with E-state index in [9.17, 15) is 0 Å². The summed E-state index contributed by atoms with van der Waals surface area (Å²) in [5.41, 5.74) is 3.79. The van der Waals surface area contributed by atoms with Gasteiger partial charge < -0.3 is 30.7 Å². The zero-order valence-electron chi connectivity index (χ0n) is 22.2. The monoisotopic (exact) mass is 550 g/mol. The van der Waals surface area contributed by atoms with Crippen molar-refractivity contribution in [3.8, 4) is 22.6 Å². The maximum absolute atomic E-state index is 5.73. The van der Waals surface area contributed by atoms with Gasteiger partial charge in [0.05, 0.1) is 25.6 Å². The van der Waals surface area contributed by atoms with Gasteiger partial charge >= 0.3 is 0 Å². The average molecular weight is 551 g/mol. The topological polar surface area (TPSA) is 66.6 Å². The number of fused-ring (bicyclic) bond motifs is 4. The quantitative estimate of drug-likeness (QED) is 0.299. The molecular weight excluding hydrogens is 512 g/mol. The first kappa shape index (κ1) is 25.7. The summed E-state index contributed by atoms with van der Waals surface area (Å²) in [6, 6.07) is 13.3. The molecule has 0 saturated heterocycles. The molecule has 8 heteroatoms. The van der Waals surface area contributed by atoms with Gasteiger partial charge in [0, 0.05) is 12.1 Å². The molecule has 4 aliphatic carbocycles. The molecular formula is C30H38N4O2S2. The minimum Gasteiger partial charge on any atom is -0.495 e. The fraction of sp³-hybridized carbons (Fsp3) is 0.533. The van der Waals surface area contributed by atoms with Crippen molar-refractivity contribution in [2.45, 2.75) is 63.5 Å². The van der Waals surface area contributed by atoms with E-state index in [2.05, 4.69) is 33.4 Å². The lowest BCUT2D eigenvalue weighted by Gasteiger charge is -2.25. The van der Waals surface area contributed by atoms with Crippen LogP contribution in [0.4, 0.5) is 11.4 Å². The molecule has 0 heterocycles. The molecule has 202 valence electrons. The van der Waals surface area contributed by atoms with Crippen LogP contribution in [0.15, 0.2) is 36.4 Å². The summed E-state index contributed by atoms with van der Waals surface area (Å²) < 4.78 is 11.5. The molecule has 2 aromatic rings. The highest BCUT2D eigenvalue weighted by Crippen LogP contribution is 2.45. The van der Waals surface area contributed by atoms with Gasteiger partial charge in [-0.2, -0.15) is 0 Å². The number of anilines is 2. The number of methoxy groups -OCH3 is 2. The minimum absolute atomic E-state index is 0.495. The summed E-state index contributed by atoms with van der Waals surface area (Å²) in [6.45, 7) is 0. The first-order chi connectivity index (χ1) is 18.5. The third kappa shape index (κ3) is 5.30. The summed E-state index contributed by atoms with van der Waals surface area (Å²) in [4.78, 5) is 0. The van der Waals surface area contributed by atoms with Crippen LogP contribution in [0.25, 0.3) is 11.1 Å². The molecule has 6 rings (SSSR count). The molecule has 0 radical (unpaired) electrons. The zero-order chi connectivity index (χ0) is 26.2. The molecule has 0 amide bonds. The van der Waals surface area contributed by atoms with E-state index in [0.29, 0.717) is 22.3 Å². The summed E-state index contributed by atoms with van der Waals surface area (Å²) >= 11 is 11.3. The van der Waals surface area contributed by atoms with Gasteiger partial charge in [0.1, 0.15) is 11.5 Å². The molecule has 6 atom stereocenters. The Morgan fingerprint density at radius 1 is 0.658 bits per heavy atom. The Kier molecular flexibility index (Phi) is 7.36. The Bertz CT molecular complexity index is 1130. The number of hydrogen-bond acceptors (Lipinski definition) is 4. The standard InChI is InChI=1S/C30H38N4O2S2/c1-35-27-15-19(7-9-23(27)31-29(37)33-25-13-17-3-5-21(25)11-17)20-8-10-24(28(16-20)36-2)32-30(38)34-26-14-18-4-6-22(26)12-18/h7-10,15-18,21-22,25-26H,3-6,11-14H2,1-2H3,(H2,31,33,37)(H2,32,34,38)/t17-,18-,21-,22-,25+,26+/m0/s1. The van der Waals surface area contributed by atoms with Gasteiger partial charge in [0.2, 0.25) is 0 Å². The van der Waals surface area contributed by atoms with E-state index in [-0.39, 0.29) is 0 Å². The number of ether oxygens (including phenoxy) is 2. The molecule has 4 bridgehead atoms. The van der Waals surface area contributed by atoms with Crippen LogP contribution in [0.2, 0.25) is 0 Å². The van der Waals surface area contributed by atoms with E-state index in [1.54, 1.807) is 14.2 Å². The smallest absolute Gasteiger partial charge is 0.171 e. The number of thiocarbonyl (C=S) groups is 2. The second-order valence-corrected chi connectivity index (χ2v) is 12.4. The van der Waals surface area contributed by atoms with Crippen molar-refractivity contribution < 1.29 is 9.47 Å². The fourth-order valence-electron chi connectivity index (χ4n) is 7.44. The summed E-state index contributed by atoms with van der Waals surface area (Å²) in [7, 11) is 3.38. The van der Waals surface area contributed by atoms with Crippen LogP contribution in [-0.2, 0) is 0 Å². The highest BCUT2D eigenvalue weighted by atomic mass is 32.1. The lowest BCUT2D eigenvalue weighted by Crippen LogP contribution is -2.40. The van der Waals surface area contributed by atoms with Gasteiger partial charge in [-0.25, -0.2) is 0 Å². The molecule has 0 aromatic heterocycles. The fourth-order valence-corrected chi connectivity index (χ4v) is 7.97. The lowest BCUT2D eigenvalue weighted by molar-refractivity contribution is 0.391. The van der Waals surface area contributed by atoms with E-state index >= 15 is 0 Å². The van der Waals surface area contributed by atoms with Gasteiger partial charge in [0.15, 0.2) is 10.2 Å². The second-order valence-electron chi connectivity index (χ2n) is 11.6. The van der Waals surface area contributed by atoms with Crippen molar-refractivity contribution in [2.75, 3.05) is 24.9 Å². The Morgan fingerprint density at radius 3 is 1.45 bits per heavy atom. The van der Waals surface area contributed by atoms with Crippen LogP contribution < -0.4 is 30.7 Å². The molecule has 0 spiro atoms. The summed E-state index contributed by atoms with van der Waals surface area (Å²) in [5.74, 6) is 4.77. The van der Waals surface area contributed by atoms with E-state index in [0.717, 1.165) is 57.7 Å². The van der Waals surface area contributed by atoms with Crippen LogP contribution >= 0.6 is 24.4 Å². The van der Waals surface area contributed by atoms with Crippen molar-refractivity contribution in [3.63, 3.8) is 0 Å². The normalized spacial score (nSPS) is 28.7. The number of rotatable bonds is 7. The molecule has 4 saturated carbocycles. The summed E-state index contributed by atoms with van der Waals surface area (Å²) in [6.07, 6.45) is 10.6. The zero-order valence-corrected chi connectivity index (χ0v) is 23.9. The van der Waals surface area contributed by atoms with Gasteiger partial charge in [-0.3, -0.25) is 0 Å². The molecule has 4 N–H and O–H groups in total. The van der Waals surface area contributed by atoms with Gasteiger partial charge in [-0.05, 0) is 122 Å². The van der Waals surface area contributed by atoms with E-state index in [1.165, 1.54) is 51.4 Å². The molecule has 0 aliphatic heterocycles. The Morgan fingerprint density at radius 2 is 1.11 bits per heavy atom. The van der Waals surface area contributed by atoms with Crippen LogP contribution in [0.5, 0.6) is 11.5 Å². The van der Waals surface area contributed by atoms with E-state index in [4.69, 9.17) is 33.9 Å². The van der Waals surface area contributed by atoms with Crippen LogP contribution in [0.1, 0.15) is 51.4 Å². The molecule has 4 fully saturated rings. The largest absolute Gasteiger partial charge is 0.495 e. The molecule has 6 nitrogen and oxygen atoms in total. The van der Waals surface area contributed by atoms with Gasteiger partial charge in [-0.1, -0.05) is 25.0 Å². The van der Waals surface area contributed by atoms with Crippen molar-refractivity contribution in [1.82, 2.24) is 10.6 Å². The number of nitrogens with one attached hydrogen (secondary N) is 4. The first-order valence-corrected chi connectivity index (χ1v) is 14.8. The van der Waals surface area contributed by atoms with Crippen LogP contribution in [0.3, 0.4) is 0 Å². The molecule has 4 aliphatic rings. The lowest BCUT2D eigenvalue weighted by atomic mass is 9.95. The Labute approximate surface area is 236 Å². The molecule has 38 heavy (non-hydrogen) atoms. The Hall–Kier alpha value is -2.58. The average Bonchev–Trinajstić information content (AvgIpc) is 3.72. The highest BCUT2D eigenvalue weighted by molar-refractivity contribution is 7.80. The predicted octanol–water partition coefficient (Wildman–Crippen LogP) is 6.32. The number of hydrogen-bond donors (Lipinski definition) is 4. The van der Waals surface area contributed by atoms with Crippen LogP contribution in [-0.4, -0.2) is 36.5 Å². The first-order valence-electron chi connectivity index (χ1n) is 14.0. The molecule has 2 aromatic carbocycles. The van der Waals surface area contributed by atoms with Crippen molar-refractivity contribution in [2.24, 2.45) is 23.7 Å². The predicted molar refractivity (Wildman–Crippen MR) is 162 cm³/mol. The summed E-state index contributed by atoms with van der Waals surface area (Å²) in [5, 5.41) is 15.1. The number of benzene rings is 2. The van der Waals surface area contributed by atoms with Crippen molar-refractivity contribution in [1.29, 1.82) is 0 Å². The molecule has 0 unspecified atom stereocenters. The van der Waals surface area contributed by atoms with E-state index < -0.39 is 0 Å². The van der Waals surface area contributed by atoms with Gasteiger partial charge in [-0.15, -0.1) is 0 Å². The maximum atomic E-state index is 5.73. The van der Waals surface area contributed by atoms with Gasteiger partial charge in [0.25, 0.3) is 0 Å². The third-order valence-corrected chi connectivity index (χ3v) is 9.78. The third-order valence-electron chi connectivity index (χ3n) is 9.34. The van der Waals surface area contributed by atoms with Crippen LogP contribution in [0, 0.1) is 23.7 Å². The highest BCUT2D eigenvalue weighted by Gasteiger charge is 2.40. The van der Waals surface area contributed by atoms with E-state index in [1.807, 2.05) is 24.3 Å². The minimum atomic E-state index is 0.495.